The van der Waals surface area contributed by atoms with Gasteiger partial charge in [-0.15, -0.1) is 0 Å². The zero-order valence-corrected chi connectivity index (χ0v) is 14.0. The zero-order chi connectivity index (χ0) is 16.4. The SMILES string of the molecule is CCCCCCCCCCC[C@@H](O)[C@H]1N[C@H](CO)[C@@H](O)[C@@H]1O. The molecule has 0 radical (unpaired) electrons. The van der Waals surface area contributed by atoms with Gasteiger partial charge in [0.15, 0.2) is 0 Å². The predicted octanol–water partition coefficient (Wildman–Crippen LogP) is 1.32. The van der Waals surface area contributed by atoms with E-state index in [1.165, 1.54) is 44.9 Å². The second-order valence-corrected chi connectivity index (χ2v) is 6.65. The quantitative estimate of drug-likeness (QED) is 0.350. The molecular weight excluding hydrogens is 282 g/mol. The van der Waals surface area contributed by atoms with Crippen LogP contribution < -0.4 is 5.32 Å². The average Bonchev–Trinajstić information content (AvgIpc) is 2.81. The Labute approximate surface area is 134 Å². The van der Waals surface area contributed by atoms with Crippen LogP contribution in [0.5, 0.6) is 0 Å². The second kappa shape index (κ2) is 11.4. The van der Waals surface area contributed by atoms with Crippen molar-refractivity contribution in [2.75, 3.05) is 6.61 Å². The van der Waals surface area contributed by atoms with Crippen LogP contribution in [-0.4, -0.2) is 57.4 Å². The lowest BCUT2D eigenvalue weighted by Crippen LogP contribution is -2.44. The highest BCUT2D eigenvalue weighted by molar-refractivity contribution is 5.00. The van der Waals surface area contributed by atoms with E-state index >= 15 is 0 Å². The zero-order valence-electron chi connectivity index (χ0n) is 14.0. The molecule has 0 amide bonds. The summed E-state index contributed by atoms with van der Waals surface area (Å²) >= 11 is 0. The normalized spacial score (nSPS) is 29.9. The van der Waals surface area contributed by atoms with Crippen molar-refractivity contribution in [2.24, 2.45) is 0 Å². The monoisotopic (exact) mass is 317 g/mol. The van der Waals surface area contributed by atoms with Gasteiger partial charge in [0, 0.05) is 0 Å². The van der Waals surface area contributed by atoms with Gasteiger partial charge in [0.1, 0.15) is 0 Å². The molecule has 0 bridgehead atoms. The molecule has 0 aromatic rings. The summed E-state index contributed by atoms with van der Waals surface area (Å²) in [5, 5.41) is 41.8. The van der Waals surface area contributed by atoms with Gasteiger partial charge in [-0.05, 0) is 6.42 Å². The fourth-order valence-electron chi connectivity index (χ4n) is 3.24. The van der Waals surface area contributed by atoms with Crippen LogP contribution in [0.4, 0.5) is 0 Å². The fraction of sp³-hybridized carbons (Fsp3) is 1.00. The molecule has 5 atom stereocenters. The Hall–Kier alpha value is -0.200. The smallest absolute Gasteiger partial charge is 0.0993 e. The minimum atomic E-state index is -1.01. The highest BCUT2D eigenvalue weighted by atomic mass is 16.3. The van der Waals surface area contributed by atoms with E-state index in [-0.39, 0.29) is 6.61 Å². The maximum Gasteiger partial charge on any atom is 0.0993 e. The van der Waals surface area contributed by atoms with Crippen molar-refractivity contribution in [3.8, 4) is 0 Å². The van der Waals surface area contributed by atoms with Crippen molar-refractivity contribution in [3.63, 3.8) is 0 Å². The molecule has 1 rings (SSSR count). The second-order valence-electron chi connectivity index (χ2n) is 6.65. The molecule has 132 valence electrons. The van der Waals surface area contributed by atoms with Crippen molar-refractivity contribution in [1.29, 1.82) is 0 Å². The first-order valence-corrected chi connectivity index (χ1v) is 9.03. The maximum absolute atomic E-state index is 10.1. The van der Waals surface area contributed by atoms with Gasteiger partial charge in [-0.3, -0.25) is 0 Å². The van der Waals surface area contributed by atoms with E-state index < -0.39 is 30.4 Å². The van der Waals surface area contributed by atoms with Crippen LogP contribution >= 0.6 is 0 Å². The Kier molecular flexibility index (Phi) is 10.2. The number of rotatable bonds is 12. The fourth-order valence-corrected chi connectivity index (χ4v) is 3.24. The molecular formula is C17H35NO4. The first kappa shape index (κ1) is 19.8. The number of aliphatic hydroxyl groups is 4. The van der Waals surface area contributed by atoms with Crippen LogP contribution in [0.1, 0.15) is 71.1 Å². The Morgan fingerprint density at radius 1 is 0.864 bits per heavy atom. The molecule has 0 spiro atoms. The third kappa shape index (κ3) is 6.50. The minimum Gasteiger partial charge on any atom is -0.395 e. The number of aliphatic hydroxyl groups excluding tert-OH is 4. The van der Waals surface area contributed by atoms with Crippen LogP contribution in [0.25, 0.3) is 0 Å². The topological polar surface area (TPSA) is 93.0 Å². The van der Waals surface area contributed by atoms with E-state index in [2.05, 4.69) is 12.2 Å². The van der Waals surface area contributed by atoms with E-state index in [4.69, 9.17) is 5.11 Å². The summed E-state index contributed by atoms with van der Waals surface area (Å²) in [4.78, 5) is 0. The summed E-state index contributed by atoms with van der Waals surface area (Å²) in [6, 6.07) is -1.08. The van der Waals surface area contributed by atoms with Gasteiger partial charge in [-0.2, -0.15) is 0 Å². The maximum atomic E-state index is 10.1. The van der Waals surface area contributed by atoms with Crippen molar-refractivity contribution < 1.29 is 20.4 Å². The van der Waals surface area contributed by atoms with Crippen molar-refractivity contribution in [3.05, 3.63) is 0 Å². The van der Waals surface area contributed by atoms with E-state index in [9.17, 15) is 15.3 Å². The van der Waals surface area contributed by atoms with Gasteiger partial charge in [0.25, 0.3) is 0 Å². The largest absolute Gasteiger partial charge is 0.395 e. The van der Waals surface area contributed by atoms with Crippen LogP contribution in [0.2, 0.25) is 0 Å². The molecule has 5 heteroatoms. The molecule has 1 aliphatic rings. The third-order valence-corrected chi connectivity index (χ3v) is 4.75. The first-order chi connectivity index (χ1) is 10.6. The summed E-state index contributed by atoms with van der Waals surface area (Å²) in [6.07, 6.45) is 9.00. The van der Waals surface area contributed by atoms with E-state index in [1.54, 1.807) is 0 Å². The lowest BCUT2D eigenvalue weighted by atomic mass is 9.98. The lowest BCUT2D eigenvalue weighted by molar-refractivity contribution is -0.00443. The van der Waals surface area contributed by atoms with Gasteiger partial charge < -0.3 is 25.7 Å². The molecule has 0 aromatic carbocycles. The van der Waals surface area contributed by atoms with Gasteiger partial charge >= 0.3 is 0 Å². The first-order valence-electron chi connectivity index (χ1n) is 9.03. The molecule has 22 heavy (non-hydrogen) atoms. The molecule has 1 saturated heterocycles. The average molecular weight is 317 g/mol. The van der Waals surface area contributed by atoms with E-state index in [0.717, 1.165) is 12.8 Å². The van der Waals surface area contributed by atoms with Crippen LogP contribution in [-0.2, 0) is 0 Å². The van der Waals surface area contributed by atoms with Gasteiger partial charge in [-0.1, -0.05) is 64.7 Å². The molecule has 1 aliphatic heterocycles. The molecule has 0 saturated carbocycles. The summed E-state index contributed by atoms with van der Waals surface area (Å²) in [7, 11) is 0. The summed E-state index contributed by atoms with van der Waals surface area (Å²) < 4.78 is 0. The Balaban J connectivity index is 2.05. The third-order valence-electron chi connectivity index (χ3n) is 4.75. The molecule has 1 fully saturated rings. The highest BCUT2D eigenvalue weighted by Crippen LogP contribution is 2.20. The van der Waals surface area contributed by atoms with Gasteiger partial charge in [0.2, 0.25) is 0 Å². The van der Waals surface area contributed by atoms with Crippen LogP contribution in [0.3, 0.4) is 0 Å². The molecule has 5 N–H and O–H groups in total. The standard InChI is InChI=1S/C17H35NO4/c1-2-3-4-5-6-7-8-9-10-11-14(20)15-17(22)16(21)13(12-19)18-15/h13-22H,2-12H2,1H3/t13-,14-,15-,16-,17-/m1/s1. The number of hydrogen-bond donors (Lipinski definition) is 5. The number of unbranched alkanes of at least 4 members (excludes halogenated alkanes) is 8. The van der Waals surface area contributed by atoms with Crippen LogP contribution in [0.15, 0.2) is 0 Å². The molecule has 0 aliphatic carbocycles. The van der Waals surface area contributed by atoms with Crippen molar-refractivity contribution >= 4 is 0 Å². The Morgan fingerprint density at radius 2 is 1.41 bits per heavy atom. The van der Waals surface area contributed by atoms with Gasteiger partial charge in [-0.25, -0.2) is 0 Å². The van der Waals surface area contributed by atoms with Crippen LogP contribution in [0, 0.1) is 0 Å². The minimum absolute atomic E-state index is 0.237. The Morgan fingerprint density at radius 3 is 1.91 bits per heavy atom. The van der Waals surface area contributed by atoms with Crippen molar-refractivity contribution in [1.82, 2.24) is 5.32 Å². The van der Waals surface area contributed by atoms with E-state index in [0.29, 0.717) is 6.42 Å². The summed E-state index contributed by atoms with van der Waals surface area (Å²) in [5.41, 5.74) is 0. The number of hydrogen-bond acceptors (Lipinski definition) is 5. The van der Waals surface area contributed by atoms with Crippen molar-refractivity contribution in [2.45, 2.75) is 102 Å². The summed E-state index contributed by atoms with van der Waals surface area (Å²) in [6.45, 7) is 1.99. The molecule has 0 unspecified atom stereocenters. The van der Waals surface area contributed by atoms with E-state index in [1.807, 2.05) is 0 Å². The highest BCUT2D eigenvalue weighted by Gasteiger charge is 2.43. The molecule has 5 nitrogen and oxygen atoms in total. The molecule has 0 aromatic heterocycles. The number of nitrogens with one attached hydrogen (secondary N) is 1. The molecule has 1 heterocycles. The Bertz CT molecular complexity index is 277. The van der Waals surface area contributed by atoms with Gasteiger partial charge in [0.05, 0.1) is 37.0 Å². The summed E-state index contributed by atoms with van der Waals surface area (Å²) in [5.74, 6) is 0. The predicted molar refractivity (Wildman–Crippen MR) is 87.7 cm³/mol. The lowest BCUT2D eigenvalue weighted by Gasteiger charge is -2.22.